The first-order valence-electron chi connectivity index (χ1n) is 5.90. The molecule has 1 aromatic carbocycles. The van der Waals surface area contributed by atoms with Crippen molar-refractivity contribution in [1.82, 2.24) is 0 Å². The van der Waals surface area contributed by atoms with Gasteiger partial charge in [0.15, 0.2) is 11.6 Å². The molecule has 0 aliphatic heterocycles. The van der Waals surface area contributed by atoms with E-state index in [1.165, 1.54) is 18.2 Å². The minimum atomic E-state index is -1.06. The highest BCUT2D eigenvalue weighted by molar-refractivity contribution is 5.85. The number of benzene rings is 1. The highest BCUT2D eigenvalue weighted by Crippen LogP contribution is 2.21. The van der Waals surface area contributed by atoms with Crippen LogP contribution < -0.4 is 4.74 Å². The van der Waals surface area contributed by atoms with Gasteiger partial charge in [0.2, 0.25) is 0 Å². The normalized spacial score (nSPS) is 12.6. The third kappa shape index (κ3) is 4.57. The van der Waals surface area contributed by atoms with Crippen LogP contribution in [0, 0.1) is 5.82 Å². The Balaban J connectivity index is 2.76. The summed E-state index contributed by atoms with van der Waals surface area (Å²) in [6.07, 6.45) is 4.10. The second-order valence-electron chi connectivity index (χ2n) is 4.08. The summed E-state index contributed by atoms with van der Waals surface area (Å²) in [6.45, 7) is 3.93. The van der Waals surface area contributed by atoms with Gasteiger partial charge >= 0.3 is 5.97 Å². The van der Waals surface area contributed by atoms with Crippen LogP contribution in [0.15, 0.2) is 24.3 Å². The quantitative estimate of drug-likeness (QED) is 0.788. The van der Waals surface area contributed by atoms with Gasteiger partial charge in [-0.25, -0.2) is 9.18 Å². The molecule has 18 heavy (non-hydrogen) atoms. The zero-order chi connectivity index (χ0) is 13.5. The lowest BCUT2D eigenvalue weighted by atomic mass is 10.2. The molecule has 0 bridgehead atoms. The van der Waals surface area contributed by atoms with Crippen molar-refractivity contribution in [3.8, 4) is 5.75 Å². The minimum Gasteiger partial charge on any atom is -0.488 e. The van der Waals surface area contributed by atoms with E-state index >= 15 is 0 Å². The van der Waals surface area contributed by atoms with Crippen molar-refractivity contribution < 1.29 is 19.0 Å². The van der Waals surface area contributed by atoms with E-state index in [1.54, 1.807) is 6.07 Å². The van der Waals surface area contributed by atoms with E-state index in [0.717, 1.165) is 18.9 Å². The fourth-order valence-electron chi connectivity index (χ4n) is 1.57. The lowest BCUT2D eigenvalue weighted by Crippen LogP contribution is -2.11. The van der Waals surface area contributed by atoms with Crippen LogP contribution in [0.1, 0.15) is 32.3 Å². The first kappa shape index (κ1) is 14.2. The number of carboxylic acids is 1. The van der Waals surface area contributed by atoms with E-state index in [9.17, 15) is 9.18 Å². The molecule has 0 aromatic heterocycles. The second kappa shape index (κ2) is 6.79. The van der Waals surface area contributed by atoms with Gasteiger partial charge in [0.1, 0.15) is 0 Å². The smallest absolute Gasteiger partial charge is 0.328 e. The van der Waals surface area contributed by atoms with Crippen LogP contribution in [0.25, 0.3) is 6.08 Å². The number of ether oxygens (including phenoxy) is 1. The van der Waals surface area contributed by atoms with Crippen LogP contribution in [0.5, 0.6) is 5.75 Å². The van der Waals surface area contributed by atoms with Gasteiger partial charge in [0.05, 0.1) is 6.10 Å². The standard InChI is InChI=1S/C14H17FO3/c1-3-4-10(2)18-13-7-5-11(9-12(13)15)6-8-14(16)17/h5-10H,3-4H2,1-2H3,(H,16,17)/b8-6+. The predicted octanol–water partition coefficient (Wildman–Crippen LogP) is 3.49. The molecular weight excluding hydrogens is 235 g/mol. The van der Waals surface area contributed by atoms with Crippen molar-refractivity contribution in [2.75, 3.05) is 0 Å². The lowest BCUT2D eigenvalue weighted by molar-refractivity contribution is -0.131. The molecule has 0 amide bonds. The third-order valence-electron chi connectivity index (χ3n) is 2.40. The lowest BCUT2D eigenvalue weighted by Gasteiger charge is -2.14. The van der Waals surface area contributed by atoms with Gasteiger partial charge in [-0.15, -0.1) is 0 Å². The molecule has 0 aliphatic rings. The average molecular weight is 252 g/mol. The van der Waals surface area contributed by atoms with Gasteiger partial charge < -0.3 is 9.84 Å². The summed E-state index contributed by atoms with van der Waals surface area (Å²) in [6, 6.07) is 4.40. The van der Waals surface area contributed by atoms with E-state index in [-0.39, 0.29) is 11.9 Å². The number of rotatable bonds is 6. The molecule has 1 atom stereocenters. The molecule has 4 heteroatoms. The molecule has 0 fully saturated rings. The second-order valence-corrected chi connectivity index (χ2v) is 4.08. The number of aliphatic carboxylic acids is 1. The summed E-state index contributed by atoms with van der Waals surface area (Å²) in [7, 11) is 0. The molecule has 3 nitrogen and oxygen atoms in total. The molecule has 1 rings (SSSR count). The first-order chi connectivity index (χ1) is 8.52. The SMILES string of the molecule is CCCC(C)Oc1ccc(/C=C/C(=O)O)cc1F. The van der Waals surface area contributed by atoms with E-state index in [4.69, 9.17) is 9.84 Å². The van der Waals surface area contributed by atoms with Crippen LogP contribution >= 0.6 is 0 Å². The van der Waals surface area contributed by atoms with Crippen LogP contribution in [-0.2, 0) is 4.79 Å². The van der Waals surface area contributed by atoms with E-state index in [1.807, 2.05) is 13.8 Å². The molecule has 98 valence electrons. The molecule has 0 spiro atoms. The number of hydrogen-bond acceptors (Lipinski definition) is 2. The maximum atomic E-state index is 13.7. The zero-order valence-electron chi connectivity index (χ0n) is 10.5. The summed E-state index contributed by atoms with van der Waals surface area (Å²) >= 11 is 0. The average Bonchev–Trinajstić information content (AvgIpc) is 2.30. The molecule has 1 unspecified atom stereocenters. The highest BCUT2D eigenvalue weighted by Gasteiger charge is 2.08. The van der Waals surface area contributed by atoms with Crippen molar-refractivity contribution in [3.05, 3.63) is 35.7 Å². The monoisotopic (exact) mass is 252 g/mol. The molecular formula is C14H17FO3. The Kier molecular flexibility index (Phi) is 5.36. The summed E-state index contributed by atoms with van der Waals surface area (Å²) in [4.78, 5) is 10.3. The summed E-state index contributed by atoms with van der Waals surface area (Å²) in [5.74, 6) is -1.35. The van der Waals surface area contributed by atoms with E-state index in [0.29, 0.717) is 5.56 Å². The number of carboxylic acid groups (broad SMARTS) is 1. The Hall–Kier alpha value is -1.84. The summed E-state index contributed by atoms with van der Waals surface area (Å²) < 4.78 is 19.1. The Morgan fingerprint density at radius 2 is 2.28 bits per heavy atom. The zero-order valence-corrected chi connectivity index (χ0v) is 10.5. The summed E-state index contributed by atoms with van der Waals surface area (Å²) in [5, 5.41) is 8.47. The van der Waals surface area contributed by atoms with Crippen molar-refractivity contribution in [2.45, 2.75) is 32.8 Å². The molecule has 1 aromatic rings. The van der Waals surface area contributed by atoms with Crippen molar-refractivity contribution in [3.63, 3.8) is 0 Å². The number of halogens is 1. The predicted molar refractivity (Wildman–Crippen MR) is 68.1 cm³/mol. The van der Waals surface area contributed by atoms with Crippen LogP contribution in [-0.4, -0.2) is 17.2 Å². The van der Waals surface area contributed by atoms with E-state index < -0.39 is 11.8 Å². The van der Waals surface area contributed by atoms with Gasteiger partial charge in [-0.3, -0.25) is 0 Å². The Bertz CT molecular complexity index is 441. The maximum absolute atomic E-state index is 13.7. The Morgan fingerprint density at radius 3 is 2.83 bits per heavy atom. The number of hydrogen-bond donors (Lipinski definition) is 1. The first-order valence-corrected chi connectivity index (χ1v) is 5.90. The molecule has 0 aliphatic carbocycles. The molecule has 0 heterocycles. The van der Waals surface area contributed by atoms with Gasteiger partial charge in [0, 0.05) is 6.08 Å². The fraction of sp³-hybridized carbons (Fsp3) is 0.357. The maximum Gasteiger partial charge on any atom is 0.328 e. The van der Waals surface area contributed by atoms with Gasteiger partial charge in [-0.1, -0.05) is 19.4 Å². The minimum absolute atomic E-state index is 0.0371. The molecule has 0 radical (unpaired) electrons. The Morgan fingerprint density at radius 1 is 1.56 bits per heavy atom. The molecule has 1 N–H and O–H groups in total. The van der Waals surface area contributed by atoms with E-state index in [2.05, 4.69) is 0 Å². The van der Waals surface area contributed by atoms with Crippen molar-refractivity contribution in [1.29, 1.82) is 0 Å². The Labute approximate surface area is 106 Å². The van der Waals surface area contributed by atoms with Gasteiger partial charge in [0.25, 0.3) is 0 Å². The van der Waals surface area contributed by atoms with Crippen LogP contribution in [0.3, 0.4) is 0 Å². The van der Waals surface area contributed by atoms with Crippen LogP contribution in [0.4, 0.5) is 4.39 Å². The largest absolute Gasteiger partial charge is 0.488 e. The molecule has 0 saturated heterocycles. The van der Waals surface area contributed by atoms with Gasteiger partial charge in [-0.05, 0) is 37.1 Å². The summed E-state index contributed by atoms with van der Waals surface area (Å²) in [5.41, 5.74) is 0.491. The van der Waals surface area contributed by atoms with Crippen molar-refractivity contribution >= 4 is 12.0 Å². The fourth-order valence-corrected chi connectivity index (χ4v) is 1.57. The topological polar surface area (TPSA) is 46.5 Å². The molecule has 0 saturated carbocycles. The highest BCUT2D eigenvalue weighted by atomic mass is 19.1. The van der Waals surface area contributed by atoms with Crippen LogP contribution in [0.2, 0.25) is 0 Å². The van der Waals surface area contributed by atoms with Gasteiger partial charge in [-0.2, -0.15) is 0 Å². The van der Waals surface area contributed by atoms with Crippen molar-refractivity contribution in [2.24, 2.45) is 0 Å². The number of carbonyl (C=O) groups is 1. The third-order valence-corrected chi connectivity index (χ3v) is 2.40.